The molecule has 0 fully saturated rings. The van der Waals surface area contributed by atoms with Crippen molar-refractivity contribution in [3.05, 3.63) is 0 Å². The van der Waals surface area contributed by atoms with Crippen molar-refractivity contribution in [1.82, 2.24) is 0 Å². The molecule has 0 aromatic rings. The first-order valence-electron chi connectivity index (χ1n) is 2.40. The third-order valence-corrected chi connectivity index (χ3v) is 4.89. The molecule has 0 saturated heterocycles. The largest absolute Gasteiger partial charge is 1.00 e. The first-order valence-corrected chi connectivity index (χ1v) is 5.71. The topological polar surface area (TPSA) is 458 Å². The van der Waals surface area contributed by atoms with E-state index < -0.39 is 10.7 Å². The Hall–Kier alpha value is 0.0595. The third kappa shape index (κ3) is 14.2. The molecule has 0 aromatic carbocycles. The summed E-state index contributed by atoms with van der Waals surface area (Å²) in [6.45, 7) is 0. The van der Waals surface area contributed by atoms with Crippen LogP contribution in [0.1, 0.15) is 0 Å². The molecule has 0 saturated carbocycles. The summed E-state index contributed by atoms with van der Waals surface area (Å²) in [6, 6.07) is 0. The number of hydrogen-bond donors (Lipinski definition) is 0. The molecule has 145 valence electrons. The number of nitriles is 6. The minimum absolute atomic E-state index is 0. The maximum absolute atomic E-state index is 8.58. The number of hydrogen-bond acceptors (Lipinski definition) is 6. The summed E-state index contributed by atoms with van der Waals surface area (Å²) >= 11 is 0. The standard InChI is InChI=1S/6CN.Fe.3Na.10H2O/c6*1-2;;;;;;;;;;;;;;/h;;;;;;;;;;10*1H2/q;;;;;;-3;3*+1;;;;;;;;;;. The zero-order chi connectivity index (χ0) is 10.7. The number of rotatable bonds is 0. The van der Waals surface area contributed by atoms with Gasteiger partial charge in [0.25, 0.3) is 0 Å². The maximum atomic E-state index is 8.58. The molecule has 20 heteroatoms. The zero-order valence-corrected chi connectivity index (χ0v) is 21.1. The molecule has 0 unspecified atom stereocenters. The van der Waals surface area contributed by atoms with E-state index in [2.05, 4.69) is 0 Å². The fraction of sp³-hybridized carbons (Fsp3) is 0. The second kappa shape index (κ2) is 32.7. The first kappa shape index (κ1) is 113. The maximum Gasteiger partial charge on any atom is 1.00 e. The summed E-state index contributed by atoms with van der Waals surface area (Å²) in [4.78, 5) is 6.19. The average molecular weight is 461 g/mol. The molecule has 0 rings (SSSR count). The van der Waals surface area contributed by atoms with Crippen LogP contribution >= 0.6 is 0 Å². The van der Waals surface area contributed by atoms with Crippen molar-refractivity contribution in [1.29, 1.82) is 31.6 Å². The molecule has 20 N–H and O–H groups in total. The zero-order valence-electron chi connectivity index (χ0n) is 14.0. The van der Waals surface area contributed by atoms with Gasteiger partial charge >= 0.3 is 161 Å². The van der Waals surface area contributed by atoms with Gasteiger partial charge in [-0.05, 0) is 0 Å². The van der Waals surface area contributed by atoms with Gasteiger partial charge in [0.1, 0.15) is 0 Å². The van der Waals surface area contributed by atoms with Crippen LogP contribution in [0.5, 0.6) is 0 Å². The molecule has 0 heterocycles. The second-order valence-electron chi connectivity index (χ2n) is 1.80. The van der Waals surface area contributed by atoms with Crippen LogP contribution in [-0.4, -0.2) is 54.8 Å². The van der Waals surface area contributed by atoms with Crippen LogP contribution in [0.25, 0.3) is 0 Å². The molecule has 0 radical (unpaired) electrons. The third-order valence-electron chi connectivity index (χ3n) is 1.19. The van der Waals surface area contributed by atoms with E-state index in [1.54, 1.807) is 0 Å². The van der Waals surface area contributed by atoms with Crippen LogP contribution in [0.3, 0.4) is 0 Å². The van der Waals surface area contributed by atoms with Crippen molar-refractivity contribution in [2.75, 3.05) is 0 Å². The molecule has 0 aliphatic heterocycles. The van der Waals surface area contributed by atoms with Crippen LogP contribution in [0, 0.1) is 61.4 Å². The molecule has 0 aliphatic rings. The van der Waals surface area contributed by atoms with E-state index in [4.69, 9.17) is 31.6 Å². The van der Waals surface area contributed by atoms with Crippen LogP contribution in [-0.2, 0) is 10.7 Å². The Morgan fingerprint density at radius 3 is 0.385 bits per heavy atom. The van der Waals surface area contributed by atoms with Crippen molar-refractivity contribution < 1.29 is 154 Å². The minimum atomic E-state index is -6.17. The van der Waals surface area contributed by atoms with E-state index in [9.17, 15) is 0 Å². The van der Waals surface area contributed by atoms with Gasteiger partial charge in [-0.3, -0.25) is 0 Å². The molecule has 0 aromatic heterocycles. The van der Waals surface area contributed by atoms with Gasteiger partial charge in [0.15, 0.2) is 0 Å². The van der Waals surface area contributed by atoms with Gasteiger partial charge in [-0.1, -0.05) is 0 Å². The van der Waals surface area contributed by atoms with Gasteiger partial charge in [0.05, 0.1) is 0 Å². The van der Waals surface area contributed by atoms with Gasteiger partial charge in [0.2, 0.25) is 0 Å². The van der Waals surface area contributed by atoms with Crippen molar-refractivity contribution in [3.63, 3.8) is 0 Å². The quantitative estimate of drug-likeness (QED) is 0.315. The molecule has 0 spiro atoms. The van der Waals surface area contributed by atoms with E-state index >= 15 is 0 Å². The van der Waals surface area contributed by atoms with Gasteiger partial charge in [-0.25, -0.2) is 0 Å². The SMILES string of the molecule is N#[C][Fe-3]([C]#N)([C]#N)([C]#N)([C]#N)[C]#N.O.O.O.O.O.O.O.O.O.O.[Na+].[Na+].[Na+]. The Bertz CT molecular complexity index is 423. The summed E-state index contributed by atoms with van der Waals surface area (Å²) in [5.74, 6) is 0. The summed E-state index contributed by atoms with van der Waals surface area (Å²) < 4.78 is 0. The predicted octanol–water partition coefficient (Wildman–Crippen LogP) is -17.1. The molecular weight excluding hydrogens is 441 g/mol. The fourth-order valence-electron chi connectivity index (χ4n) is 0.265. The first-order chi connectivity index (χ1) is 5.97. The van der Waals surface area contributed by atoms with Crippen molar-refractivity contribution in [3.8, 4) is 29.8 Å². The van der Waals surface area contributed by atoms with Gasteiger partial charge < -0.3 is 54.8 Å². The van der Waals surface area contributed by atoms with Gasteiger partial charge in [-0.15, -0.1) is 0 Å². The minimum Gasteiger partial charge on any atom is -0.412 e. The van der Waals surface area contributed by atoms with Crippen molar-refractivity contribution in [2.45, 2.75) is 0 Å². The summed E-state index contributed by atoms with van der Waals surface area (Å²) in [6.07, 6.45) is 0. The van der Waals surface area contributed by atoms with Gasteiger partial charge in [0, 0.05) is 0 Å². The van der Waals surface area contributed by atoms with Crippen molar-refractivity contribution in [2.24, 2.45) is 0 Å². The summed E-state index contributed by atoms with van der Waals surface area (Å²) in [7, 11) is -6.17. The average Bonchev–Trinajstić information content (AvgIpc) is 2.26. The Labute approximate surface area is 213 Å². The smallest absolute Gasteiger partial charge is 0.412 e. The Morgan fingerprint density at radius 2 is 0.385 bits per heavy atom. The van der Waals surface area contributed by atoms with Crippen LogP contribution in [0.15, 0.2) is 0 Å². The molecule has 26 heavy (non-hydrogen) atoms. The van der Waals surface area contributed by atoms with E-state index in [1.807, 2.05) is 0 Å². The van der Waals surface area contributed by atoms with Crippen LogP contribution < -0.4 is 88.7 Å². The molecule has 0 bridgehead atoms. The van der Waals surface area contributed by atoms with Crippen LogP contribution in [0.4, 0.5) is 0 Å². The Balaban J connectivity index is -0.00000000923. The van der Waals surface area contributed by atoms with Gasteiger partial charge in [-0.2, -0.15) is 0 Å². The van der Waals surface area contributed by atoms with Crippen LogP contribution in [0.2, 0.25) is 0 Å². The van der Waals surface area contributed by atoms with E-state index in [0.717, 1.165) is 29.8 Å². The van der Waals surface area contributed by atoms with E-state index in [-0.39, 0.29) is 143 Å². The summed E-state index contributed by atoms with van der Waals surface area (Å²) in [5, 5.41) is 51.5. The normalized spacial score (nSPS) is 6.69. The summed E-state index contributed by atoms with van der Waals surface area (Å²) in [5.41, 5.74) is 0. The molecular formula is C6H20FeN6Na3O10. The molecule has 0 amide bonds. The Kier molecular flexibility index (Phi) is 142. The second-order valence-corrected chi connectivity index (χ2v) is 7.42. The number of nitrogens with zero attached hydrogens (tertiary/aromatic N) is 6. The Morgan fingerprint density at radius 1 is 0.308 bits per heavy atom. The fourth-order valence-corrected chi connectivity index (χ4v) is 1.09. The van der Waals surface area contributed by atoms with Crippen molar-refractivity contribution >= 4 is 0 Å². The molecule has 0 aliphatic carbocycles. The van der Waals surface area contributed by atoms with E-state index in [1.165, 1.54) is 0 Å². The monoisotopic (exact) mass is 461 g/mol. The molecule has 16 nitrogen and oxygen atoms in total. The predicted molar refractivity (Wildman–Crippen MR) is 69.8 cm³/mol. The molecule has 0 atom stereocenters. The van der Waals surface area contributed by atoms with E-state index in [0.29, 0.717) is 0 Å².